The van der Waals surface area contributed by atoms with Gasteiger partial charge in [-0.05, 0) is 40.5 Å². The molecule has 0 aliphatic rings. The topological polar surface area (TPSA) is 41.1 Å². The third kappa shape index (κ3) is 4.18. The van der Waals surface area contributed by atoms with Gasteiger partial charge in [0.05, 0.1) is 12.2 Å². The van der Waals surface area contributed by atoms with Crippen molar-refractivity contribution in [1.29, 1.82) is 0 Å². The zero-order valence-electron chi connectivity index (χ0n) is 11.3. The van der Waals surface area contributed by atoms with Crippen LogP contribution in [0, 0.1) is 0 Å². The van der Waals surface area contributed by atoms with Gasteiger partial charge in [-0.2, -0.15) is 0 Å². The Bertz CT molecular complexity index is 572. The SMILES string of the molecule is CC(NCC(=O)Nc1ccccc1Br)c1ccccc1. The Morgan fingerprint density at radius 3 is 2.45 bits per heavy atom. The molecule has 20 heavy (non-hydrogen) atoms. The van der Waals surface area contributed by atoms with Crippen molar-refractivity contribution in [2.24, 2.45) is 0 Å². The zero-order valence-corrected chi connectivity index (χ0v) is 12.9. The van der Waals surface area contributed by atoms with E-state index in [0.717, 1.165) is 10.2 Å². The van der Waals surface area contributed by atoms with Crippen LogP contribution < -0.4 is 10.6 Å². The number of hydrogen-bond donors (Lipinski definition) is 2. The van der Waals surface area contributed by atoms with E-state index in [1.807, 2.05) is 61.5 Å². The molecule has 4 heteroatoms. The fourth-order valence-corrected chi connectivity index (χ4v) is 2.25. The second kappa shape index (κ2) is 7.22. The number of anilines is 1. The lowest BCUT2D eigenvalue weighted by molar-refractivity contribution is -0.115. The van der Waals surface area contributed by atoms with Gasteiger partial charge in [-0.1, -0.05) is 42.5 Å². The first kappa shape index (κ1) is 14.8. The molecular formula is C16H17BrN2O. The molecule has 0 radical (unpaired) electrons. The molecule has 0 aromatic heterocycles. The fraction of sp³-hybridized carbons (Fsp3) is 0.188. The molecule has 2 aromatic rings. The van der Waals surface area contributed by atoms with Crippen LogP contribution in [-0.2, 0) is 4.79 Å². The molecule has 3 nitrogen and oxygen atoms in total. The predicted octanol–water partition coefficient (Wildman–Crippen LogP) is 3.74. The van der Waals surface area contributed by atoms with Crippen LogP contribution in [-0.4, -0.2) is 12.5 Å². The molecule has 2 aromatic carbocycles. The summed E-state index contributed by atoms with van der Waals surface area (Å²) in [4.78, 5) is 11.9. The second-order valence-corrected chi connectivity index (χ2v) is 5.40. The standard InChI is InChI=1S/C16H17BrN2O/c1-12(13-7-3-2-4-8-13)18-11-16(20)19-15-10-6-5-9-14(15)17/h2-10,12,18H,11H2,1H3,(H,19,20). The van der Waals surface area contributed by atoms with Gasteiger partial charge in [-0.3, -0.25) is 4.79 Å². The number of carbonyl (C=O) groups excluding carboxylic acids is 1. The number of nitrogens with one attached hydrogen (secondary N) is 2. The van der Waals surface area contributed by atoms with Crippen molar-refractivity contribution in [3.8, 4) is 0 Å². The quantitative estimate of drug-likeness (QED) is 0.875. The third-order valence-electron chi connectivity index (χ3n) is 3.02. The summed E-state index contributed by atoms with van der Waals surface area (Å²) in [5, 5.41) is 6.08. The van der Waals surface area contributed by atoms with Crippen LogP contribution in [0.15, 0.2) is 59.1 Å². The lowest BCUT2D eigenvalue weighted by Gasteiger charge is -2.14. The molecule has 0 bridgehead atoms. The van der Waals surface area contributed by atoms with Crippen molar-refractivity contribution in [2.45, 2.75) is 13.0 Å². The molecule has 0 spiro atoms. The van der Waals surface area contributed by atoms with Gasteiger partial charge < -0.3 is 10.6 Å². The number of halogens is 1. The van der Waals surface area contributed by atoms with Crippen LogP contribution in [0.2, 0.25) is 0 Å². The van der Waals surface area contributed by atoms with Crippen molar-refractivity contribution in [3.05, 3.63) is 64.6 Å². The minimum absolute atomic E-state index is 0.0559. The molecule has 2 rings (SSSR count). The maximum Gasteiger partial charge on any atom is 0.238 e. The molecule has 0 aliphatic heterocycles. The summed E-state index contributed by atoms with van der Waals surface area (Å²) >= 11 is 3.41. The molecule has 2 N–H and O–H groups in total. The Hall–Kier alpha value is -1.65. The monoisotopic (exact) mass is 332 g/mol. The van der Waals surface area contributed by atoms with E-state index in [2.05, 4.69) is 26.6 Å². The summed E-state index contributed by atoms with van der Waals surface area (Å²) in [6.07, 6.45) is 0. The molecule has 0 aliphatic carbocycles. The number of carbonyl (C=O) groups is 1. The van der Waals surface area contributed by atoms with Crippen LogP contribution in [0.4, 0.5) is 5.69 Å². The molecule has 1 unspecified atom stereocenters. The molecule has 0 saturated carbocycles. The van der Waals surface area contributed by atoms with Crippen molar-refractivity contribution in [3.63, 3.8) is 0 Å². The van der Waals surface area contributed by atoms with Gasteiger partial charge in [0, 0.05) is 10.5 Å². The Labute approximate surface area is 127 Å². The van der Waals surface area contributed by atoms with Crippen LogP contribution >= 0.6 is 15.9 Å². The highest BCUT2D eigenvalue weighted by atomic mass is 79.9. The van der Waals surface area contributed by atoms with E-state index in [0.29, 0.717) is 0 Å². The summed E-state index contributed by atoms with van der Waals surface area (Å²) in [6, 6.07) is 17.8. The van der Waals surface area contributed by atoms with E-state index < -0.39 is 0 Å². The van der Waals surface area contributed by atoms with Gasteiger partial charge in [0.25, 0.3) is 0 Å². The van der Waals surface area contributed by atoms with Gasteiger partial charge in [0.1, 0.15) is 0 Å². The van der Waals surface area contributed by atoms with Crippen LogP contribution in [0.1, 0.15) is 18.5 Å². The Kier molecular flexibility index (Phi) is 5.32. The molecule has 1 amide bonds. The number of benzene rings is 2. The molecule has 0 saturated heterocycles. The second-order valence-electron chi connectivity index (χ2n) is 4.54. The first-order valence-electron chi connectivity index (χ1n) is 6.49. The average Bonchev–Trinajstić information content (AvgIpc) is 2.48. The summed E-state index contributed by atoms with van der Waals surface area (Å²) in [6.45, 7) is 2.32. The van der Waals surface area contributed by atoms with Gasteiger partial charge in [-0.15, -0.1) is 0 Å². The molecular weight excluding hydrogens is 316 g/mol. The van der Waals surface area contributed by atoms with Gasteiger partial charge in [0.2, 0.25) is 5.91 Å². The largest absolute Gasteiger partial charge is 0.324 e. The van der Waals surface area contributed by atoms with E-state index in [-0.39, 0.29) is 18.5 Å². The summed E-state index contributed by atoms with van der Waals surface area (Å²) in [5.41, 5.74) is 1.95. The molecule has 1 atom stereocenters. The Morgan fingerprint density at radius 2 is 1.75 bits per heavy atom. The maximum atomic E-state index is 11.9. The van der Waals surface area contributed by atoms with Crippen molar-refractivity contribution in [2.75, 3.05) is 11.9 Å². The fourth-order valence-electron chi connectivity index (χ4n) is 1.86. The average molecular weight is 333 g/mol. The van der Waals surface area contributed by atoms with Gasteiger partial charge >= 0.3 is 0 Å². The number of hydrogen-bond acceptors (Lipinski definition) is 2. The highest BCUT2D eigenvalue weighted by Gasteiger charge is 2.08. The summed E-state index contributed by atoms with van der Waals surface area (Å²) in [7, 11) is 0. The molecule has 0 fully saturated rings. The molecule has 0 heterocycles. The van der Waals surface area contributed by atoms with E-state index in [1.165, 1.54) is 5.56 Å². The summed E-state index contributed by atoms with van der Waals surface area (Å²) in [5.74, 6) is -0.0559. The van der Waals surface area contributed by atoms with Crippen LogP contribution in [0.5, 0.6) is 0 Å². The van der Waals surface area contributed by atoms with E-state index in [4.69, 9.17) is 0 Å². The Morgan fingerprint density at radius 1 is 1.10 bits per heavy atom. The van der Waals surface area contributed by atoms with Crippen LogP contribution in [0.3, 0.4) is 0 Å². The van der Waals surface area contributed by atoms with Gasteiger partial charge in [0.15, 0.2) is 0 Å². The first-order valence-corrected chi connectivity index (χ1v) is 7.29. The number of para-hydroxylation sites is 1. The number of amides is 1. The maximum absolute atomic E-state index is 11.9. The normalized spacial score (nSPS) is 11.9. The third-order valence-corrected chi connectivity index (χ3v) is 3.71. The summed E-state index contributed by atoms with van der Waals surface area (Å²) < 4.78 is 0.879. The highest BCUT2D eigenvalue weighted by molar-refractivity contribution is 9.10. The minimum atomic E-state index is -0.0559. The van der Waals surface area contributed by atoms with Crippen molar-refractivity contribution < 1.29 is 4.79 Å². The lowest BCUT2D eigenvalue weighted by atomic mass is 10.1. The smallest absolute Gasteiger partial charge is 0.238 e. The van der Waals surface area contributed by atoms with Crippen molar-refractivity contribution in [1.82, 2.24) is 5.32 Å². The molecule has 104 valence electrons. The lowest BCUT2D eigenvalue weighted by Crippen LogP contribution is -2.30. The van der Waals surface area contributed by atoms with E-state index in [9.17, 15) is 4.79 Å². The van der Waals surface area contributed by atoms with Crippen LogP contribution in [0.25, 0.3) is 0 Å². The Balaban J connectivity index is 1.85. The first-order chi connectivity index (χ1) is 9.66. The van der Waals surface area contributed by atoms with Crippen molar-refractivity contribution >= 4 is 27.5 Å². The number of rotatable bonds is 5. The minimum Gasteiger partial charge on any atom is -0.324 e. The predicted molar refractivity (Wildman–Crippen MR) is 85.6 cm³/mol. The van der Waals surface area contributed by atoms with E-state index in [1.54, 1.807) is 0 Å². The van der Waals surface area contributed by atoms with Gasteiger partial charge in [-0.25, -0.2) is 0 Å². The highest BCUT2D eigenvalue weighted by Crippen LogP contribution is 2.20. The zero-order chi connectivity index (χ0) is 14.4. The van der Waals surface area contributed by atoms with E-state index >= 15 is 0 Å².